The molecular formula is C16H10BrClN2O. The first-order valence-electron chi connectivity index (χ1n) is 6.25. The molecule has 3 rings (SSSR count). The zero-order valence-corrected chi connectivity index (χ0v) is 13.1. The minimum absolute atomic E-state index is 0.226. The summed E-state index contributed by atoms with van der Waals surface area (Å²) in [4.78, 5) is 16.7. The van der Waals surface area contributed by atoms with Crippen LogP contribution in [0, 0.1) is 0 Å². The molecule has 0 saturated heterocycles. The number of carbonyl (C=O) groups excluding carboxylic acids is 1. The summed E-state index contributed by atoms with van der Waals surface area (Å²) in [7, 11) is 0. The molecule has 0 fully saturated rings. The minimum Gasteiger partial charge on any atom is -0.320 e. The fraction of sp³-hybridized carbons (Fsp3) is 0. The number of benzene rings is 2. The van der Waals surface area contributed by atoms with Gasteiger partial charge in [0.1, 0.15) is 0 Å². The van der Waals surface area contributed by atoms with Crippen molar-refractivity contribution in [2.24, 2.45) is 0 Å². The van der Waals surface area contributed by atoms with Crippen LogP contribution in [0.15, 0.2) is 59.2 Å². The number of anilines is 1. The SMILES string of the molecule is O=C(Nc1cccc2cccnc12)c1cc(Cl)cc(Br)c1. The Hall–Kier alpha value is -1.91. The average molecular weight is 362 g/mol. The van der Waals surface area contributed by atoms with Crippen LogP contribution in [-0.4, -0.2) is 10.9 Å². The van der Waals surface area contributed by atoms with Crippen LogP contribution in [0.1, 0.15) is 10.4 Å². The number of rotatable bonds is 2. The first kappa shape index (κ1) is 14.0. The first-order valence-corrected chi connectivity index (χ1v) is 7.42. The third kappa shape index (κ3) is 3.06. The van der Waals surface area contributed by atoms with Crippen LogP contribution >= 0.6 is 27.5 Å². The van der Waals surface area contributed by atoms with Crippen molar-refractivity contribution in [3.63, 3.8) is 0 Å². The van der Waals surface area contributed by atoms with Crippen molar-refractivity contribution < 1.29 is 4.79 Å². The predicted molar refractivity (Wildman–Crippen MR) is 88.8 cm³/mol. The lowest BCUT2D eigenvalue weighted by molar-refractivity contribution is 0.102. The zero-order chi connectivity index (χ0) is 14.8. The quantitative estimate of drug-likeness (QED) is 0.705. The number of fused-ring (bicyclic) bond motifs is 1. The van der Waals surface area contributed by atoms with Crippen LogP contribution in [0.2, 0.25) is 5.02 Å². The summed E-state index contributed by atoms with van der Waals surface area (Å²) in [6.45, 7) is 0. The molecule has 0 aliphatic carbocycles. The van der Waals surface area contributed by atoms with E-state index < -0.39 is 0 Å². The zero-order valence-electron chi connectivity index (χ0n) is 10.8. The molecule has 3 nitrogen and oxygen atoms in total. The van der Waals surface area contributed by atoms with Crippen LogP contribution in [0.25, 0.3) is 10.9 Å². The van der Waals surface area contributed by atoms with E-state index in [-0.39, 0.29) is 5.91 Å². The number of pyridine rings is 1. The maximum Gasteiger partial charge on any atom is 0.255 e. The fourth-order valence-electron chi connectivity index (χ4n) is 2.08. The summed E-state index contributed by atoms with van der Waals surface area (Å²) in [5.41, 5.74) is 1.92. The van der Waals surface area contributed by atoms with Gasteiger partial charge in [-0.2, -0.15) is 0 Å². The van der Waals surface area contributed by atoms with Crippen LogP contribution in [0.5, 0.6) is 0 Å². The fourth-order valence-corrected chi connectivity index (χ4v) is 2.94. The number of amides is 1. The van der Waals surface area contributed by atoms with Gasteiger partial charge in [0.2, 0.25) is 0 Å². The molecule has 3 aromatic rings. The number of para-hydroxylation sites is 1. The Morgan fingerprint density at radius 3 is 2.76 bits per heavy atom. The number of nitrogens with one attached hydrogen (secondary N) is 1. The number of aromatic nitrogens is 1. The van der Waals surface area contributed by atoms with E-state index in [0.29, 0.717) is 16.3 Å². The first-order chi connectivity index (χ1) is 10.1. The summed E-state index contributed by atoms with van der Waals surface area (Å²) < 4.78 is 0.760. The Labute approximate surface area is 135 Å². The van der Waals surface area contributed by atoms with E-state index in [1.165, 1.54) is 0 Å². The van der Waals surface area contributed by atoms with Crippen molar-refractivity contribution in [3.8, 4) is 0 Å². The third-order valence-corrected chi connectivity index (χ3v) is 3.68. The van der Waals surface area contributed by atoms with Gasteiger partial charge in [-0.25, -0.2) is 0 Å². The van der Waals surface area contributed by atoms with E-state index in [4.69, 9.17) is 11.6 Å². The molecule has 0 atom stereocenters. The molecule has 2 aromatic carbocycles. The van der Waals surface area contributed by atoms with Gasteiger partial charge >= 0.3 is 0 Å². The number of nitrogens with zero attached hydrogens (tertiary/aromatic N) is 1. The summed E-state index contributed by atoms with van der Waals surface area (Å²) in [5.74, 6) is -0.226. The highest BCUT2D eigenvalue weighted by molar-refractivity contribution is 9.10. The lowest BCUT2D eigenvalue weighted by Crippen LogP contribution is -2.12. The van der Waals surface area contributed by atoms with Crippen molar-refractivity contribution in [2.75, 3.05) is 5.32 Å². The standard InChI is InChI=1S/C16H10BrClN2O/c17-12-7-11(8-13(18)9-12)16(21)20-14-5-1-3-10-4-2-6-19-15(10)14/h1-9H,(H,20,21). The van der Waals surface area contributed by atoms with Crippen molar-refractivity contribution in [1.29, 1.82) is 0 Å². The van der Waals surface area contributed by atoms with Gasteiger partial charge in [-0.1, -0.05) is 45.7 Å². The average Bonchev–Trinajstić information content (AvgIpc) is 2.46. The maximum atomic E-state index is 12.3. The highest BCUT2D eigenvalue weighted by atomic mass is 79.9. The molecule has 0 saturated carbocycles. The molecule has 0 radical (unpaired) electrons. The Balaban J connectivity index is 1.96. The van der Waals surface area contributed by atoms with Gasteiger partial charge in [0.05, 0.1) is 11.2 Å². The van der Waals surface area contributed by atoms with E-state index >= 15 is 0 Å². The van der Waals surface area contributed by atoms with Crippen molar-refractivity contribution in [2.45, 2.75) is 0 Å². The molecule has 0 bridgehead atoms. The number of halogens is 2. The molecule has 0 spiro atoms. The summed E-state index contributed by atoms with van der Waals surface area (Å²) in [5, 5.41) is 4.35. The van der Waals surface area contributed by atoms with E-state index in [1.807, 2.05) is 30.3 Å². The maximum absolute atomic E-state index is 12.3. The second-order valence-corrected chi connectivity index (χ2v) is 5.85. The van der Waals surface area contributed by atoms with Gasteiger partial charge in [0.25, 0.3) is 5.91 Å². The molecular weight excluding hydrogens is 352 g/mol. The van der Waals surface area contributed by atoms with E-state index in [0.717, 1.165) is 15.4 Å². The van der Waals surface area contributed by atoms with Crippen molar-refractivity contribution in [3.05, 3.63) is 69.8 Å². The Morgan fingerprint density at radius 1 is 1.14 bits per heavy atom. The largest absolute Gasteiger partial charge is 0.320 e. The molecule has 1 heterocycles. The van der Waals surface area contributed by atoms with Crippen molar-refractivity contribution >= 4 is 50.0 Å². The summed E-state index contributed by atoms with van der Waals surface area (Å²) in [6.07, 6.45) is 1.70. The second-order valence-electron chi connectivity index (χ2n) is 4.49. The van der Waals surface area contributed by atoms with E-state index in [9.17, 15) is 4.79 Å². The Morgan fingerprint density at radius 2 is 1.95 bits per heavy atom. The topological polar surface area (TPSA) is 42.0 Å². The van der Waals surface area contributed by atoms with Gasteiger partial charge in [-0.05, 0) is 30.3 Å². The number of hydrogen-bond acceptors (Lipinski definition) is 2. The van der Waals surface area contributed by atoms with Gasteiger partial charge < -0.3 is 5.32 Å². The van der Waals surface area contributed by atoms with Crippen LogP contribution in [0.3, 0.4) is 0 Å². The van der Waals surface area contributed by atoms with Gasteiger partial charge in [-0.15, -0.1) is 0 Å². The summed E-state index contributed by atoms with van der Waals surface area (Å²) >= 11 is 9.30. The Kier molecular flexibility index (Phi) is 3.90. The van der Waals surface area contributed by atoms with E-state index in [2.05, 4.69) is 26.2 Å². The smallest absolute Gasteiger partial charge is 0.255 e. The molecule has 1 N–H and O–H groups in total. The van der Waals surface area contributed by atoms with Crippen LogP contribution in [-0.2, 0) is 0 Å². The van der Waals surface area contributed by atoms with Gasteiger partial charge in [-0.3, -0.25) is 9.78 Å². The minimum atomic E-state index is -0.226. The van der Waals surface area contributed by atoms with Crippen molar-refractivity contribution in [1.82, 2.24) is 4.98 Å². The van der Waals surface area contributed by atoms with Gasteiger partial charge in [0, 0.05) is 26.6 Å². The lowest BCUT2D eigenvalue weighted by Gasteiger charge is -2.08. The lowest BCUT2D eigenvalue weighted by atomic mass is 10.1. The third-order valence-electron chi connectivity index (χ3n) is 3.01. The number of carbonyl (C=O) groups is 1. The molecule has 21 heavy (non-hydrogen) atoms. The van der Waals surface area contributed by atoms with Crippen LogP contribution < -0.4 is 5.32 Å². The molecule has 1 amide bonds. The second kappa shape index (κ2) is 5.84. The highest BCUT2D eigenvalue weighted by Crippen LogP contribution is 2.23. The number of hydrogen-bond donors (Lipinski definition) is 1. The normalized spacial score (nSPS) is 10.6. The predicted octanol–water partition coefficient (Wildman–Crippen LogP) is 4.90. The molecule has 5 heteroatoms. The van der Waals surface area contributed by atoms with Crippen LogP contribution in [0.4, 0.5) is 5.69 Å². The Bertz CT molecular complexity index is 810. The molecule has 104 valence electrons. The van der Waals surface area contributed by atoms with E-state index in [1.54, 1.807) is 24.4 Å². The summed E-state index contributed by atoms with van der Waals surface area (Å²) in [6, 6.07) is 14.6. The molecule has 0 aliphatic heterocycles. The monoisotopic (exact) mass is 360 g/mol. The van der Waals surface area contributed by atoms with Gasteiger partial charge in [0.15, 0.2) is 0 Å². The molecule has 0 unspecified atom stereocenters. The highest BCUT2D eigenvalue weighted by Gasteiger charge is 2.10. The molecule has 0 aliphatic rings. The molecule has 1 aromatic heterocycles.